The van der Waals surface area contributed by atoms with Crippen molar-refractivity contribution in [1.82, 2.24) is 4.98 Å². The zero-order chi connectivity index (χ0) is 16.6. The number of hydrogen-bond donors (Lipinski definition) is 0. The van der Waals surface area contributed by atoms with Crippen molar-refractivity contribution in [2.45, 2.75) is 19.4 Å². The van der Waals surface area contributed by atoms with E-state index >= 15 is 0 Å². The summed E-state index contributed by atoms with van der Waals surface area (Å²) >= 11 is 0. The van der Waals surface area contributed by atoms with Gasteiger partial charge in [0.25, 0.3) is 0 Å². The van der Waals surface area contributed by atoms with Gasteiger partial charge in [0.15, 0.2) is 0 Å². The summed E-state index contributed by atoms with van der Waals surface area (Å²) in [6.07, 6.45) is 2.85. The molecule has 0 saturated carbocycles. The minimum absolute atomic E-state index is 0.184. The Hall–Kier alpha value is -2.40. The van der Waals surface area contributed by atoms with Crippen molar-refractivity contribution in [1.29, 1.82) is 0 Å². The third-order valence-electron chi connectivity index (χ3n) is 4.00. The van der Waals surface area contributed by atoms with Gasteiger partial charge in [0.1, 0.15) is 12.4 Å². The molecule has 0 N–H and O–H groups in total. The van der Waals surface area contributed by atoms with E-state index in [1.807, 2.05) is 48.7 Å². The summed E-state index contributed by atoms with van der Waals surface area (Å²) in [7, 11) is 0. The first-order chi connectivity index (χ1) is 11.8. The molecule has 5 nitrogen and oxygen atoms in total. The molecule has 1 fully saturated rings. The van der Waals surface area contributed by atoms with Crippen LogP contribution in [-0.4, -0.2) is 37.3 Å². The molecule has 1 aliphatic rings. The van der Waals surface area contributed by atoms with Crippen LogP contribution in [0.2, 0.25) is 0 Å². The molecule has 2 heterocycles. The zero-order valence-electron chi connectivity index (χ0n) is 13.7. The van der Waals surface area contributed by atoms with Crippen LogP contribution in [0.3, 0.4) is 0 Å². The van der Waals surface area contributed by atoms with Crippen LogP contribution in [0, 0.1) is 0 Å². The minimum Gasteiger partial charge on any atom is -0.461 e. The topological polar surface area (TPSA) is 51.7 Å². The first-order valence-corrected chi connectivity index (χ1v) is 8.28. The van der Waals surface area contributed by atoms with Gasteiger partial charge < -0.3 is 14.4 Å². The number of carbonyl (C=O) groups is 1. The van der Waals surface area contributed by atoms with Gasteiger partial charge >= 0.3 is 5.97 Å². The summed E-state index contributed by atoms with van der Waals surface area (Å²) in [4.78, 5) is 18.5. The van der Waals surface area contributed by atoms with E-state index in [0.717, 1.165) is 43.2 Å². The van der Waals surface area contributed by atoms with Gasteiger partial charge in [-0.15, -0.1) is 0 Å². The van der Waals surface area contributed by atoms with Crippen molar-refractivity contribution in [2.24, 2.45) is 0 Å². The number of morpholine rings is 1. The predicted molar refractivity (Wildman–Crippen MR) is 91.8 cm³/mol. The Morgan fingerprint density at radius 3 is 2.58 bits per heavy atom. The highest BCUT2D eigenvalue weighted by Gasteiger charge is 2.12. The molecule has 1 aromatic heterocycles. The normalized spacial score (nSPS) is 14.4. The Kier molecular flexibility index (Phi) is 5.80. The van der Waals surface area contributed by atoms with Gasteiger partial charge in [-0.2, -0.15) is 0 Å². The second-order valence-corrected chi connectivity index (χ2v) is 5.77. The lowest BCUT2D eigenvalue weighted by Gasteiger charge is -2.27. The molecule has 2 aromatic rings. The Bertz CT molecular complexity index is 637. The molecule has 0 bridgehead atoms. The molecular weight excluding hydrogens is 304 g/mol. The fraction of sp³-hybridized carbons (Fsp3) is 0.368. The molecule has 0 unspecified atom stereocenters. The number of aryl methyl sites for hydroxylation is 1. The molecule has 126 valence electrons. The average molecular weight is 326 g/mol. The van der Waals surface area contributed by atoms with E-state index in [1.54, 1.807) is 0 Å². The number of esters is 1. The first-order valence-electron chi connectivity index (χ1n) is 8.28. The molecule has 3 rings (SSSR count). The highest BCUT2D eigenvalue weighted by atomic mass is 16.5. The number of anilines is 1. The van der Waals surface area contributed by atoms with Crippen molar-refractivity contribution in [3.63, 3.8) is 0 Å². The highest BCUT2D eigenvalue weighted by Crippen LogP contribution is 2.14. The number of hydrogen-bond acceptors (Lipinski definition) is 5. The maximum atomic E-state index is 11.8. The molecule has 0 radical (unpaired) electrons. The van der Waals surface area contributed by atoms with Gasteiger partial charge in [-0.3, -0.25) is 4.79 Å². The van der Waals surface area contributed by atoms with Crippen molar-refractivity contribution in [3.8, 4) is 0 Å². The Morgan fingerprint density at radius 2 is 1.88 bits per heavy atom. The molecule has 5 heteroatoms. The number of carbonyl (C=O) groups excluding carboxylic acids is 1. The predicted octanol–water partition coefficient (Wildman–Crippen LogP) is 2.59. The molecule has 1 aromatic carbocycles. The smallest absolute Gasteiger partial charge is 0.306 e. The third-order valence-corrected chi connectivity index (χ3v) is 4.00. The van der Waals surface area contributed by atoms with E-state index in [1.165, 1.54) is 0 Å². The van der Waals surface area contributed by atoms with Crippen LogP contribution >= 0.6 is 0 Å². The molecule has 0 spiro atoms. The standard InChI is InChI=1S/C19H22N2O3/c22-19(24-15-17-4-2-1-3-5-17)9-7-16-6-8-18(20-14-16)21-10-12-23-13-11-21/h1-6,8,14H,7,9-13,15H2. The maximum Gasteiger partial charge on any atom is 0.306 e. The molecule has 0 amide bonds. The summed E-state index contributed by atoms with van der Waals surface area (Å²) in [5.41, 5.74) is 2.05. The highest BCUT2D eigenvalue weighted by molar-refractivity contribution is 5.69. The number of ether oxygens (including phenoxy) is 2. The second-order valence-electron chi connectivity index (χ2n) is 5.77. The van der Waals surface area contributed by atoms with E-state index in [0.29, 0.717) is 19.4 Å². The van der Waals surface area contributed by atoms with Crippen molar-refractivity contribution in [2.75, 3.05) is 31.2 Å². The van der Waals surface area contributed by atoms with Crippen LogP contribution < -0.4 is 4.90 Å². The Morgan fingerprint density at radius 1 is 1.08 bits per heavy atom. The number of benzene rings is 1. The van der Waals surface area contributed by atoms with Crippen molar-refractivity contribution < 1.29 is 14.3 Å². The van der Waals surface area contributed by atoms with Crippen LogP contribution in [0.5, 0.6) is 0 Å². The van der Waals surface area contributed by atoms with E-state index in [9.17, 15) is 4.79 Å². The molecule has 0 aliphatic carbocycles. The SMILES string of the molecule is O=C(CCc1ccc(N2CCOCC2)nc1)OCc1ccccc1. The summed E-state index contributed by atoms with van der Waals surface area (Å²) in [5, 5.41) is 0. The van der Waals surface area contributed by atoms with Gasteiger partial charge in [-0.1, -0.05) is 36.4 Å². The van der Waals surface area contributed by atoms with Crippen LogP contribution in [0.15, 0.2) is 48.7 Å². The molecular formula is C19H22N2O3. The lowest BCUT2D eigenvalue weighted by atomic mass is 10.1. The van der Waals surface area contributed by atoms with Crippen LogP contribution in [0.4, 0.5) is 5.82 Å². The fourth-order valence-electron chi connectivity index (χ4n) is 2.60. The minimum atomic E-state index is -0.184. The second kappa shape index (κ2) is 8.45. The average Bonchev–Trinajstić information content (AvgIpc) is 2.67. The Labute approximate surface area is 142 Å². The number of aromatic nitrogens is 1. The van der Waals surface area contributed by atoms with Gasteiger partial charge in [0, 0.05) is 25.7 Å². The monoisotopic (exact) mass is 326 g/mol. The van der Waals surface area contributed by atoms with Crippen LogP contribution in [-0.2, 0) is 27.3 Å². The van der Waals surface area contributed by atoms with Gasteiger partial charge in [-0.05, 0) is 23.6 Å². The molecule has 24 heavy (non-hydrogen) atoms. The van der Waals surface area contributed by atoms with E-state index in [2.05, 4.69) is 9.88 Å². The largest absolute Gasteiger partial charge is 0.461 e. The zero-order valence-corrected chi connectivity index (χ0v) is 13.7. The van der Waals surface area contributed by atoms with E-state index in [4.69, 9.17) is 9.47 Å². The van der Waals surface area contributed by atoms with Gasteiger partial charge in [0.05, 0.1) is 13.2 Å². The van der Waals surface area contributed by atoms with Gasteiger partial charge in [0.2, 0.25) is 0 Å². The lowest BCUT2D eigenvalue weighted by Crippen LogP contribution is -2.36. The van der Waals surface area contributed by atoms with Crippen LogP contribution in [0.25, 0.3) is 0 Å². The van der Waals surface area contributed by atoms with Crippen molar-refractivity contribution >= 4 is 11.8 Å². The third kappa shape index (κ3) is 4.80. The van der Waals surface area contributed by atoms with Crippen molar-refractivity contribution in [3.05, 3.63) is 59.8 Å². The Balaban J connectivity index is 1.43. The number of rotatable bonds is 6. The summed E-state index contributed by atoms with van der Waals surface area (Å²) in [6.45, 7) is 3.57. The first kappa shape index (κ1) is 16.5. The molecule has 1 saturated heterocycles. The molecule has 0 atom stereocenters. The fourth-order valence-corrected chi connectivity index (χ4v) is 2.60. The number of nitrogens with zero attached hydrogens (tertiary/aromatic N) is 2. The van der Waals surface area contributed by atoms with E-state index < -0.39 is 0 Å². The maximum absolute atomic E-state index is 11.8. The summed E-state index contributed by atoms with van der Waals surface area (Å²) in [5.74, 6) is 0.782. The summed E-state index contributed by atoms with van der Waals surface area (Å²) in [6, 6.07) is 13.7. The molecule has 1 aliphatic heterocycles. The number of pyridine rings is 1. The quantitative estimate of drug-likeness (QED) is 0.764. The van der Waals surface area contributed by atoms with Crippen LogP contribution in [0.1, 0.15) is 17.5 Å². The van der Waals surface area contributed by atoms with Gasteiger partial charge in [-0.25, -0.2) is 4.98 Å². The van der Waals surface area contributed by atoms with E-state index in [-0.39, 0.29) is 5.97 Å². The summed E-state index contributed by atoms with van der Waals surface area (Å²) < 4.78 is 10.6. The lowest BCUT2D eigenvalue weighted by molar-refractivity contribution is -0.144.